The minimum Gasteiger partial charge on any atom is -0.356 e. The van der Waals surface area contributed by atoms with Crippen LogP contribution in [0.5, 0.6) is 0 Å². The minimum absolute atomic E-state index is 0. The topological polar surface area (TPSA) is 80.0 Å². The lowest BCUT2D eigenvalue weighted by atomic mass is 10.2. The fourth-order valence-corrected chi connectivity index (χ4v) is 2.49. The average molecular weight is 345 g/mol. The van der Waals surface area contributed by atoms with Crippen LogP contribution in [0.2, 0.25) is 0 Å². The summed E-state index contributed by atoms with van der Waals surface area (Å²) in [6.07, 6.45) is 2.76. The van der Waals surface area contributed by atoms with E-state index < -0.39 is 0 Å². The Morgan fingerprint density at radius 3 is 2.95 bits per heavy atom. The Morgan fingerprint density at radius 2 is 2.23 bits per heavy atom. The van der Waals surface area contributed by atoms with E-state index in [2.05, 4.69) is 20.8 Å². The van der Waals surface area contributed by atoms with E-state index in [0.29, 0.717) is 37.5 Å². The van der Waals surface area contributed by atoms with E-state index in [1.165, 1.54) is 0 Å². The number of aryl methyl sites for hydroxylation is 1. The van der Waals surface area contributed by atoms with Crippen molar-refractivity contribution in [3.63, 3.8) is 0 Å². The molecule has 2 heterocycles. The number of rotatable bonds is 9. The Labute approximate surface area is 140 Å². The number of hydrogen-bond acceptors (Lipinski definition) is 6. The van der Waals surface area contributed by atoms with Crippen LogP contribution in [0, 0.1) is 0 Å². The van der Waals surface area contributed by atoms with Crippen molar-refractivity contribution >= 4 is 29.7 Å². The summed E-state index contributed by atoms with van der Waals surface area (Å²) in [7, 11) is 1.90. The Morgan fingerprint density at radius 1 is 1.36 bits per heavy atom. The second-order valence-electron chi connectivity index (χ2n) is 4.65. The Bertz CT molecular complexity index is 545. The molecule has 122 valence electrons. The van der Waals surface area contributed by atoms with E-state index in [9.17, 15) is 4.79 Å². The van der Waals surface area contributed by atoms with E-state index in [4.69, 9.17) is 4.52 Å². The van der Waals surface area contributed by atoms with Gasteiger partial charge >= 0.3 is 0 Å². The number of nitrogens with zero attached hydrogens (tertiary/aromatic N) is 2. The zero-order valence-corrected chi connectivity index (χ0v) is 14.1. The number of amides is 1. The summed E-state index contributed by atoms with van der Waals surface area (Å²) in [5.74, 6) is 1.28. The first-order chi connectivity index (χ1) is 10.3. The van der Waals surface area contributed by atoms with Crippen LogP contribution in [0.25, 0.3) is 10.7 Å². The maximum absolute atomic E-state index is 11.6. The zero-order chi connectivity index (χ0) is 14.9. The number of halogens is 1. The molecule has 8 heteroatoms. The first-order valence-corrected chi connectivity index (χ1v) is 7.95. The molecular weight excluding hydrogens is 324 g/mol. The third-order valence-corrected chi connectivity index (χ3v) is 3.80. The van der Waals surface area contributed by atoms with Crippen LogP contribution in [0.4, 0.5) is 0 Å². The summed E-state index contributed by atoms with van der Waals surface area (Å²) >= 11 is 1.58. The monoisotopic (exact) mass is 344 g/mol. The molecule has 2 aromatic rings. The number of aromatic nitrogens is 2. The maximum Gasteiger partial charge on any atom is 0.226 e. The maximum atomic E-state index is 11.6. The van der Waals surface area contributed by atoms with Gasteiger partial charge in [-0.2, -0.15) is 4.98 Å². The van der Waals surface area contributed by atoms with Crippen molar-refractivity contribution in [1.29, 1.82) is 0 Å². The molecule has 2 N–H and O–H groups in total. The van der Waals surface area contributed by atoms with Crippen molar-refractivity contribution in [1.82, 2.24) is 20.8 Å². The molecule has 0 radical (unpaired) electrons. The van der Waals surface area contributed by atoms with Crippen LogP contribution in [0.3, 0.4) is 0 Å². The van der Waals surface area contributed by atoms with Gasteiger partial charge in [0.1, 0.15) is 0 Å². The van der Waals surface area contributed by atoms with Gasteiger partial charge < -0.3 is 15.2 Å². The number of hydrogen-bond donors (Lipinski definition) is 2. The van der Waals surface area contributed by atoms with E-state index in [1.54, 1.807) is 11.3 Å². The first-order valence-electron chi connectivity index (χ1n) is 7.07. The summed E-state index contributed by atoms with van der Waals surface area (Å²) < 4.78 is 5.19. The van der Waals surface area contributed by atoms with Gasteiger partial charge in [0.15, 0.2) is 0 Å². The highest BCUT2D eigenvalue weighted by Crippen LogP contribution is 2.21. The molecule has 0 unspecified atom stereocenters. The number of thiophene rings is 1. The van der Waals surface area contributed by atoms with Gasteiger partial charge in [0, 0.05) is 19.4 Å². The zero-order valence-electron chi connectivity index (χ0n) is 12.5. The smallest absolute Gasteiger partial charge is 0.226 e. The van der Waals surface area contributed by atoms with Gasteiger partial charge in [0.2, 0.25) is 17.6 Å². The van der Waals surface area contributed by atoms with E-state index in [1.807, 2.05) is 24.6 Å². The predicted molar refractivity (Wildman–Crippen MR) is 89.4 cm³/mol. The highest BCUT2D eigenvalue weighted by molar-refractivity contribution is 7.13. The molecule has 0 spiro atoms. The van der Waals surface area contributed by atoms with Crippen LogP contribution >= 0.6 is 23.7 Å². The summed E-state index contributed by atoms with van der Waals surface area (Å²) in [4.78, 5) is 16.9. The van der Waals surface area contributed by atoms with E-state index >= 15 is 0 Å². The summed E-state index contributed by atoms with van der Waals surface area (Å²) in [6, 6.07) is 3.91. The third-order valence-electron chi connectivity index (χ3n) is 2.93. The molecule has 0 saturated carbocycles. The third kappa shape index (κ3) is 6.13. The van der Waals surface area contributed by atoms with Crippen LogP contribution in [-0.4, -0.2) is 36.2 Å². The first kappa shape index (κ1) is 18.6. The lowest BCUT2D eigenvalue weighted by Crippen LogP contribution is -2.26. The standard InChI is InChI=1S/C14H20N4O2S.ClH/c1-15-8-4-9-16-12(19)6-2-7-13-17-14(18-20-13)11-5-3-10-21-11;/h3,5,10,15H,2,4,6-9H2,1H3,(H,16,19);1H. The highest BCUT2D eigenvalue weighted by Gasteiger charge is 2.09. The molecule has 6 nitrogen and oxygen atoms in total. The fourth-order valence-electron chi connectivity index (χ4n) is 1.84. The molecule has 0 aliphatic heterocycles. The second-order valence-corrected chi connectivity index (χ2v) is 5.60. The van der Waals surface area contributed by atoms with Crippen LogP contribution in [0.1, 0.15) is 25.2 Å². The fraction of sp³-hybridized carbons (Fsp3) is 0.500. The van der Waals surface area contributed by atoms with Crippen molar-refractivity contribution in [2.24, 2.45) is 0 Å². The van der Waals surface area contributed by atoms with Crippen LogP contribution < -0.4 is 10.6 Å². The van der Waals surface area contributed by atoms with Gasteiger partial charge in [0.05, 0.1) is 4.88 Å². The Hall–Kier alpha value is -1.44. The number of carbonyl (C=O) groups is 1. The van der Waals surface area contributed by atoms with Crippen LogP contribution in [0.15, 0.2) is 22.0 Å². The Kier molecular flexibility index (Phi) is 8.72. The van der Waals surface area contributed by atoms with Gasteiger partial charge in [-0.25, -0.2) is 0 Å². The lowest BCUT2D eigenvalue weighted by Gasteiger charge is -2.03. The highest BCUT2D eigenvalue weighted by atomic mass is 35.5. The summed E-state index contributed by atoms with van der Waals surface area (Å²) in [5, 5.41) is 11.8. The summed E-state index contributed by atoms with van der Waals surface area (Å²) in [5.41, 5.74) is 0. The average Bonchev–Trinajstić information content (AvgIpc) is 3.14. The normalized spacial score (nSPS) is 10.2. The molecular formula is C14H21ClN4O2S. The quantitative estimate of drug-likeness (QED) is 0.682. The largest absolute Gasteiger partial charge is 0.356 e. The second kappa shape index (κ2) is 10.3. The molecule has 0 bridgehead atoms. The van der Waals surface area contributed by atoms with Gasteiger partial charge in [-0.15, -0.1) is 23.7 Å². The molecule has 1 amide bonds. The number of carbonyl (C=O) groups excluding carboxylic acids is 1. The summed E-state index contributed by atoms with van der Waals surface area (Å²) in [6.45, 7) is 1.62. The molecule has 0 aliphatic carbocycles. The van der Waals surface area contributed by atoms with E-state index in [0.717, 1.165) is 17.8 Å². The van der Waals surface area contributed by atoms with Crippen molar-refractivity contribution in [2.75, 3.05) is 20.1 Å². The van der Waals surface area contributed by atoms with E-state index in [-0.39, 0.29) is 18.3 Å². The van der Waals surface area contributed by atoms with Crippen LogP contribution in [-0.2, 0) is 11.2 Å². The molecule has 0 atom stereocenters. The van der Waals surface area contributed by atoms with Gasteiger partial charge in [-0.05, 0) is 37.9 Å². The lowest BCUT2D eigenvalue weighted by molar-refractivity contribution is -0.121. The number of nitrogens with one attached hydrogen (secondary N) is 2. The van der Waals surface area contributed by atoms with Gasteiger partial charge in [-0.3, -0.25) is 4.79 Å². The molecule has 2 aromatic heterocycles. The van der Waals surface area contributed by atoms with Crippen molar-refractivity contribution in [3.8, 4) is 10.7 Å². The molecule has 0 aliphatic rings. The van der Waals surface area contributed by atoms with Crippen molar-refractivity contribution in [3.05, 3.63) is 23.4 Å². The molecule has 22 heavy (non-hydrogen) atoms. The van der Waals surface area contributed by atoms with Gasteiger partial charge in [0.25, 0.3) is 0 Å². The molecule has 0 saturated heterocycles. The predicted octanol–water partition coefficient (Wildman–Crippen LogP) is 2.27. The van der Waals surface area contributed by atoms with Gasteiger partial charge in [-0.1, -0.05) is 11.2 Å². The molecule has 0 fully saturated rings. The molecule has 0 aromatic carbocycles. The Balaban J connectivity index is 0.00000242. The SMILES string of the molecule is CNCCCNC(=O)CCCc1nc(-c2cccs2)no1.Cl. The molecule has 2 rings (SSSR count). The van der Waals surface area contributed by atoms with Crippen molar-refractivity contribution < 1.29 is 9.32 Å². The minimum atomic E-state index is 0. The van der Waals surface area contributed by atoms with Crippen molar-refractivity contribution in [2.45, 2.75) is 25.7 Å².